The van der Waals surface area contributed by atoms with Crippen molar-refractivity contribution < 1.29 is 4.79 Å². The number of amides is 1. The number of thiophene rings is 1. The monoisotopic (exact) mass is 340 g/mol. The number of hydrogen-bond donors (Lipinski definition) is 1. The summed E-state index contributed by atoms with van der Waals surface area (Å²) in [6.45, 7) is 2.00. The molecule has 0 aliphatic carbocycles. The van der Waals surface area contributed by atoms with Gasteiger partial charge >= 0.3 is 0 Å². The summed E-state index contributed by atoms with van der Waals surface area (Å²) in [4.78, 5) is 17.3. The van der Waals surface area contributed by atoms with Crippen molar-refractivity contribution in [3.8, 4) is 5.69 Å². The second kappa shape index (κ2) is 7.88. The summed E-state index contributed by atoms with van der Waals surface area (Å²) in [6.07, 6.45) is 5.57. The van der Waals surface area contributed by atoms with E-state index in [9.17, 15) is 4.79 Å². The Morgan fingerprint density at radius 3 is 2.79 bits per heavy atom. The molecule has 1 atom stereocenters. The highest BCUT2D eigenvalue weighted by Crippen LogP contribution is 2.16. The fourth-order valence-electron chi connectivity index (χ4n) is 2.53. The number of aryl methyl sites for hydroxylation is 1. The highest BCUT2D eigenvalue weighted by molar-refractivity contribution is 7.09. The van der Waals surface area contributed by atoms with Gasteiger partial charge in [0, 0.05) is 11.3 Å². The summed E-state index contributed by atoms with van der Waals surface area (Å²) < 4.78 is 1.71. The van der Waals surface area contributed by atoms with Gasteiger partial charge in [0.05, 0.1) is 11.7 Å². The largest absolute Gasteiger partial charge is 0.350 e. The molecule has 0 fully saturated rings. The third-order valence-corrected chi connectivity index (χ3v) is 4.80. The van der Waals surface area contributed by atoms with Crippen LogP contribution in [-0.2, 0) is 11.2 Å². The van der Waals surface area contributed by atoms with E-state index in [-0.39, 0.29) is 11.9 Å². The maximum absolute atomic E-state index is 12.1. The van der Waals surface area contributed by atoms with Gasteiger partial charge in [-0.2, -0.15) is 5.10 Å². The Morgan fingerprint density at radius 2 is 2.12 bits per heavy atom. The molecule has 0 aliphatic heterocycles. The Labute approximate surface area is 145 Å². The van der Waals surface area contributed by atoms with E-state index >= 15 is 0 Å². The molecule has 1 amide bonds. The van der Waals surface area contributed by atoms with Crippen molar-refractivity contribution in [2.24, 2.45) is 0 Å². The zero-order valence-electron chi connectivity index (χ0n) is 13.6. The lowest BCUT2D eigenvalue weighted by molar-refractivity contribution is -0.121. The maximum Gasteiger partial charge on any atom is 0.220 e. The fraction of sp³-hybridized carbons (Fsp3) is 0.278. The summed E-state index contributed by atoms with van der Waals surface area (Å²) in [7, 11) is 0. The fourth-order valence-corrected chi connectivity index (χ4v) is 3.28. The lowest BCUT2D eigenvalue weighted by Crippen LogP contribution is -2.26. The molecule has 2 aromatic heterocycles. The normalized spacial score (nSPS) is 12.0. The van der Waals surface area contributed by atoms with Crippen molar-refractivity contribution in [2.45, 2.75) is 32.2 Å². The zero-order chi connectivity index (χ0) is 16.8. The molecule has 6 heteroatoms. The van der Waals surface area contributed by atoms with Crippen molar-refractivity contribution >= 4 is 17.2 Å². The molecule has 124 valence electrons. The number of nitrogens with zero attached hydrogens (tertiary/aromatic N) is 3. The molecule has 1 aromatic carbocycles. The number of nitrogens with one attached hydrogen (secondary N) is 1. The van der Waals surface area contributed by atoms with Gasteiger partial charge < -0.3 is 5.32 Å². The predicted molar refractivity (Wildman–Crippen MR) is 95.2 cm³/mol. The molecule has 24 heavy (non-hydrogen) atoms. The van der Waals surface area contributed by atoms with Crippen molar-refractivity contribution in [1.82, 2.24) is 20.1 Å². The van der Waals surface area contributed by atoms with E-state index < -0.39 is 0 Å². The van der Waals surface area contributed by atoms with Crippen molar-refractivity contribution in [2.75, 3.05) is 0 Å². The van der Waals surface area contributed by atoms with Gasteiger partial charge in [0.15, 0.2) is 0 Å². The number of aromatic nitrogens is 3. The quantitative estimate of drug-likeness (QED) is 0.716. The first-order valence-electron chi connectivity index (χ1n) is 7.99. The second-order valence-electron chi connectivity index (χ2n) is 5.65. The van der Waals surface area contributed by atoms with Crippen LogP contribution in [0.1, 0.15) is 36.2 Å². The van der Waals surface area contributed by atoms with Crippen LogP contribution in [-0.4, -0.2) is 20.7 Å². The van der Waals surface area contributed by atoms with Gasteiger partial charge in [0.2, 0.25) is 5.91 Å². The summed E-state index contributed by atoms with van der Waals surface area (Å²) >= 11 is 1.74. The molecule has 1 N–H and O–H groups in total. The van der Waals surface area contributed by atoms with Gasteiger partial charge in [-0.3, -0.25) is 4.79 Å². The summed E-state index contributed by atoms with van der Waals surface area (Å²) in [5, 5.41) is 9.23. The first-order valence-corrected chi connectivity index (χ1v) is 8.87. The van der Waals surface area contributed by atoms with Gasteiger partial charge in [-0.25, -0.2) is 9.67 Å². The maximum atomic E-state index is 12.1. The smallest absolute Gasteiger partial charge is 0.220 e. The number of carbonyl (C=O) groups excluding carboxylic acids is 1. The minimum Gasteiger partial charge on any atom is -0.350 e. The van der Waals surface area contributed by atoms with Crippen LogP contribution < -0.4 is 5.32 Å². The Hall–Kier alpha value is -2.47. The van der Waals surface area contributed by atoms with Crippen LogP contribution in [0, 0.1) is 0 Å². The van der Waals surface area contributed by atoms with Crippen molar-refractivity contribution in [3.05, 3.63) is 64.9 Å². The molecule has 0 bridgehead atoms. The SMILES string of the molecule is CC(NC(=O)CCCc1cccs1)c1ccc(-n2cncn2)cc1. The molecule has 0 saturated carbocycles. The molecule has 0 aliphatic rings. The minimum absolute atomic E-state index is 0.0102. The van der Waals surface area contributed by atoms with Crippen LogP contribution in [0.5, 0.6) is 0 Å². The molecule has 5 nitrogen and oxygen atoms in total. The van der Waals surface area contributed by atoms with Crippen LogP contribution in [0.3, 0.4) is 0 Å². The number of hydrogen-bond acceptors (Lipinski definition) is 4. The third kappa shape index (κ3) is 4.29. The van der Waals surface area contributed by atoms with Gasteiger partial charge in [-0.1, -0.05) is 18.2 Å². The molecule has 3 aromatic rings. The average Bonchev–Trinajstić information content (AvgIpc) is 3.29. The molecular weight excluding hydrogens is 320 g/mol. The van der Waals surface area contributed by atoms with E-state index in [1.165, 1.54) is 11.2 Å². The van der Waals surface area contributed by atoms with Gasteiger partial charge in [0.1, 0.15) is 12.7 Å². The van der Waals surface area contributed by atoms with Crippen molar-refractivity contribution in [3.63, 3.8) is 0 Å². The minimum atomic E-state index is -0.0102. The summed E-state index contributed by atoms with van der Waals surface area (Å²) in [5.41, 5.74) is 2.02. The van der Waals surface area contributed by atoms with E-state index in [1.807, 2.05) is 37.3 Å². The molecule has 0 spiro atoms. The van der Waals surface area contributed by atoms with Crippen molar-refractivity contribution in [1.29, 1.82) is 0 Å². The zero-order valence-corrected chi connectivity index (χ0v) is 14.4. The van der Waals surface area contributed by atoms with Gasteiger partial charge in [-0.05, 0) is 48.9 Å². The van der Waals surface area contributed by atoms with Gasteiger partial charge in [-0.15, -0.1) is 11.3 Å². The Bertz CT molecular complexity index is 751. The van der Waals surface area contributed by atoms with E-state index in [0.29, 0.717) is 6.42 Å². The molecule has 3 rings (SSSR count). The summed E-state index contributed by atoms with van der Waals surface area (Å²) in [5.74, 6) is 0.0967. The standard InChI is InChI=1S/C18H20N4OS/c1-14(21-18(23)6-2-4-17-5-3-11-24-17)15-7-9-16(10-8-15)22-13-19-12-20-22/h3,5,7-14H,2,4,6H2,1H3,(H,21,23). The highest BCUT2D eigenvalue weighted by Gasteiger charge is 2.10. The lowest BCUT2D eigenvalue weighted by Gasteiger charge is -2.15. The number of benzene rings is 1. The number of carbonyl (C=O) groups is 1. The molecule has 0 radical (unpaired) electrons. The van der Waals surface area contributed by atoms with E-state index in [0.717, 1.165) is 24.1 Å². The van der Waals surface area contributed by atoms with Crippen LogP contribution in [0.15, 0.2) is 54.4 Å². The first kappa shape index (κ1) is 16.4. The Kier molecular flexibility index (Phi) is 5.38. The number of rotatable bonds is 7. The Balaban J connectivity index is 1.48. The second-order valence-corrected chi connectivity index (χ2v) is 6.69. The van der Waals surface area contributed by atoms with E-state index in [4.69, 9.17) is 0 Å². The summed E-state index contributed by atoms with van der Waals surface area (Å²) in [6, 6.07) is 12.1. The van der Waals surface area contributed by atoms with Crippen LogP contribution in [0.4, 0.5) is 0 Å². The highest BCUT2D eigenvalue weighted by atomic mass is 32.1. The topological polar surface area (TPSA) is 59.8 Å². The van der Waals surface area contributed by atoms with E-state index in [1.54, 1.807) is 22.3 Å². The average molecular weight is 340 g/mol. The predicted octanol–water partition coefficient (Wildman–Crippen LogP) is 3.53. The van der Waals surface area contributed by atoms with Gasteiger partial charge in [0.25, 0.3) is 0 Å². The van der Waals surface area contributed by atoms with Crippen LogP contribution in [0.25, 0.3) is 5.69 Å². The van der Waals surface area contributed by atoms with Crippen LogP contribution in [0.2, 0.25) is 0 Å². The lowest BCUT2D eigenvalue weighted by atomic mass is 10.1. The Morgan fingerprint density at radius 1 is 1.29 bits per heavy atom. The van der Waals surface area contributed by atoms with Crippen LogP contribution >= 0.6 is 11.3 Å². The molecule has 1 unspecified atom stereocenters. The molecule has 2 heterocycles. The first-order chi connectivity index (χ1) is 11.7. The van der Waals surface area contributed by atoms with E-state index in [2.05, 4.69) is 26.8 Å². The molecule has 0 saturated heterocycles. The third-order valence-electron chi connectivity index (χ3n) is 3.86. The molecular formula is C18H20N4OS.